The number of benzene rings is 1. The predicted molar refractivity (Wildman–Crippen MR) is 59.0 cm³/mol. The third-order valence-corrected chi connectivity index (χ3v) is 4.25. The Hall–Kier alpha value is -0.580. The van der Waals surface area contributed by atoms with Crippen LogP contribution in [0.2, 0.25) is 0 Å². The first kappa shape index (κ1) is 12.5. The quantitative estimate of drug-likeness (QED) is 0.617. The Morgan fingerprint density at radius 1 is 1.20 bits per heavy atom. The third-order valence-electron chi connectivity index (χ3n) is 1.66. The zero-order chi connectivity index (χ0) is 11.5. The van der Waals surface area contributed by atoms with Crippen molar-refractivity contribution in [3.05, 3.63) is 30.3 Å². The van der Waals surface area contributed by atoms with Gasteiger partial charge in [-0.15, -0.1) is 0 Å². The van der Waals surface area contributed by atoms with E-state index in [4.69, 9.17) is 23.2 Å². The Balaban J connectivity index is 3.01. The largest absolute Gasteiger partial charge is 0.300 e. The highest BCUT2D eigenvalue weighted by Crippen LogP contribution is 2.23. The summed E-state index contributed by atoms with van der Waals surface area (Å²) >= 11 is 10.9. The van der Waals surface area contributed by atoms with Gasteiger partial charge in [-0.2, -0.15) is 0 Å². The molecule has 0 saturated carbocycles. The first-order valence-electron chi connectivity index (χ1n) is 3.99. The minimum atomic E-state index is -3.63. The second-order valence-electron chi connectivity index (χ2n) is 2.95. The van der Waals surface area contributed by atoms with Gasteiger partial charge in [-0.25, -0.2) is 8.42 Å². The summed E-state index contributed by atoms with van der Waals surface area (Å²) in [5.41, 5.74) is 0. The Kier molecular flexibility index (Phi) is 3.76. The third kappa shape index (κ3) is 3.48. The highest BCUT2D eigenvalue weighted by molar-refractivity contribution is 7.91. The summed E-state index contributed by atoms with van der Waals surface area (Å²) in [4.78, 5) is 10.5. The fourth-order valence-electron chi connectivity index (χ4n) is 0.999. The minimum absolute atomic E-state index is 0.0949. The van der Waals surface area contributed by atoms with E-state index in [0.29, 0.717) is 0 Å². The number of sulfone groups is 1. The first-order valence-corrected chi connectivity index (χ1v) is 6.40. The molecule has 0 N–H and O–H groups in total. The van der Waals surface area contributed by atoms with Gasteiger partial charge in [0.05, 0.1) is 10.6 Å². The highest BCUT2D eigenvalue weighted by Gasteiger charge is 2.31. The van der Waals surface area contributed by atoms with Crippen LogP contribution in [0.5, 0.6) is 0 Å². The van der Waals surface area contributed by atoms with Crippen molar-refractivity contribution in [2.75, 3.05) is 5.75 Å². The van der Waals surface area contributed by atoms with Crippen molar-refractivity contribution in [2.24, 2.45) is 0 Å². The van der Waals surface area contributed by atoms with E-state index in [2.05, 4.69) is 0 Å². The minimum Gasteiger partial charge on any atom is -0.300 e. The molecule has 82 valence electrons. The molecule has 0 amide bonds. The molecule has 0 atom stereocenters. The van der Waals surface area contributed by atoms with Crippen LogP contribution < -0.4 is 0 Å². The summed E-state index contributed by atoms with van der Waals surface area (Å²) in [6.45, 7) is 0. The van der Waals surface area contributed by atoms with Crippen LogP contribution in [0, 0.1) is 0 Å². The summed E-state index contributed by atoms with van der Waals surface area (Å²) in [5, 5.41) is 0. The van der Waals surface area contributed by atoms with Crippen molar-refractivity contribution >= 4 is 39.3 Å². The molecule has 15 heavy (non-hydrogen) atoms. The lowest BCUT2D eigenvalue weighted by atomic mass is 10.4. The molecule has 0 aliphatic rings. The summed E-state index contributed by atoms with van der Waals surface area (Å²) < 4.78 is 21.5. The summed E-state index contributed by atoms with van der Waals surface area (Å²) in [5.74, 6) is -0.628. The number of alkyl halides is 2. The molecule has 0 radical (unpaired) electrons. The topological polar surface area (TPSA) is 51.2 Å². The van der Waals surface area contributed by atoms with E-state index in [0.717, 1.165) is 0 Å². The van der Waals surface area contributed by atoms with E-state index in [9.17, 15) is 13.2 Å². The Bertz CT molecular complexity index is 440. The fraction of sp³-hybridized carbons (Fsp3) is 0.222. The Morgan fingerprint density at radius 2 is 1.73 bits per heavy atom. The normalized spacial score (nSPS) is 12.4. The molecule has 3 nitrogen and oxygen atoms in total. The van der Waals surface area contributed by atoms with Crippen LogP contribution in [0.15, 0.2) is 35.2 Å². The van der Waals surface area contributed by atoms with Crippen LogP contribution in [0.25, 0.3) is 0 Å². The van der Waals surface area contributed by atoms with Crippen molar-refractivity contribution in [1.82, 2.24) is 0 Å². The number of carbonyl (C=O) groups is 1. The van der Waals surface area contributed by atoms with Crippen molar-refractivity contribution in [3.63, 3.8) is 0 Å². The van der Waals surface area contributed by atoms with Gasteiger partial charge in [0.25, 0.3) is 0 Å². The van der Waals surface area contributed by atoms with Gasteiger partial charge >= 0.3 is 0 Å². The van der Waals surface area contributed by atoms with Crippen molar-refractivity contribution < 1.29 is 13.2 Å². The molecule has 0 bridgehead atoms. The van der Waals surface area contributed by atoms with Gasteiger partial charge in [-0.3, -0.25) is 4.79 Å². The molecule has 0 aromatic heterocycles. The number of halogens is 2. The molecule has 1 aromatic carbocycles. The van der Waals surface area contributed by atoms with E-state index in [1.165, 1.54) is 12.1 Å². The van der Waals surface area contributed by atoms with Crippen molar-refractivity contribution in [1.29, 1.82) is 0 Å². The number of carbonyl (C=O) groups excluding carboxylic acids is 1. The number of hydrogen-bond donors (Lipinski definition) is 0. The van der Waals surface area contributed by atoms with E-state index in [1.807, 2.05) is 0 Å². The molecule has 0 heterocycles. The van der Waals surface area contributed by atoms with Gasteiger partial charge in [-0.05, 0) is 12.1 Å². The predicted octanol–water partition coefficient (Wildman–Crippen LogP) is 1.83. The van der Waals surface area contributed by atoms with Crippen LogP contribution >= 0.6 is 23.2 Å². The molecule has 1 aromatic rings. The summed E-state index contributed by atoms with van der Waals surface area (Å²) in [6, 6.07) is 7.69. The fourth-order valence-corrected chi connectivity index (χ4v) is 3.17. The number of rotatable bonds is 4. The lowest BCUT2D eigenvalue weighted by Crippen LogP contribution is -2.27. The standard InChI is InChI=1S/C9H8Cl2O3S/c10-9(11,6-12)7-15(13,14)8-4-2-1-3-5-8/h1-6H,7H2. The van der Waals surface area contributed by atoms with Gasteiger partial charge in [-0.1, -0.05) is 41.4 Å². The van der Waals surface area contributed by atoms with Crippen LogP contribution in [0.4, 0.5) is 0 Å². The van der Waals surface area contributed by atoms with Crippen LogP contribution in [-0.4, -0.2) is 24.8 Å². The van der Waals surface area contributed by atoms with E-state index < -0.39 is 19.9 Å². The molecule has 0 aliphatic heterocycles. The molecule has 0 unspecified atom stereocenters. The monoisotopic (exact) mass is 266 g/mol. The maximum absolute atomic E-state index is 11.7. The SMILES string of the molecule is O=CC(Cl)(Cl)CS(=O)(=O)c1ccccc1. The van der Waals surface area contributed by atoms with E-state index >= 15 is 0 Å². The molecule has 0 fully saturated rings. The molecule has 0 spiro atoms. The van der Waals surface area contributed by atoms with Gasteiger partial charge < -0.3 is 0 Å². The van der Waals surface area contributed by atoms with Crippen molar-refractivity contribution in [2.45, 2.75) is 9.23 Å². The molecular formula is C9H8Cl2O3S. The lowest BCUT2D eigenvalue weighted by Gasteiger charge is -2.11. The first-order chi connectivity index (χ1) is 6.87. The molecule has 1 rings (SSSR count). The van der Waals surface area contributed by atoms with Gasteiger partial charge in [0, 0.05) is 0 Å². The Morgan fingerprint density at radius 3 is 2.20 bits per heavy atom. The smallest absolute Gasteiger partial charge is 0.187 e. The molecule has 6 heteroatoms. The average Bonchev–Trinajstić information content (AvgIpc) is 2.18. The van der Waals surface area contributed by atoms with Gasteiger partial charge in [0.1, 0.15) is 0 Å². The van der Waals surface area contributed by atoms with Crippen LogP contribution in [0.1, 0.15) is 0 Å². The zero-order valence-corrected chi connectivity index (χ0v) is 9.89. The maximum Gasteiger partial charge on any atom is 0.187 e. The summed E-state index contributed by atoms with van der Waals surface area (Å²) in [6.07, 6.45) is 0.205. The van der Waals surface area contributed by atoms with Gasteiger partial charge in [0.2, 0.25) is 0 Å². The van der Waals surface area contributed by atoms with Crippen LogP contribution in [0.3, 0.4) is 0 Å². The van der Waals surface area contributed by atoms with Crippen LogP contribution in [-0.2, 0) is 14.6 Å². The molecule has 0 saturated heterocycles. The lowest BCUT2D eigenvalue weighted by molar-refractivity contribution is -0.108. The summed E-state index contributed by atoms with van der Waals surface area (Å²) in [7, 11) is -3.63. The van der Waals surface area contributed by atoms with E-state index in [1.54, 1.807) is 18.2 Å². The highest BCUT2D eigenvalue weighted by atomic mass is 35.5. The van der Waals surface area contributed by atoms with Crippen molar-refractivity contribution in [3.8, 4) is 0 Å². The van der Waals surface area contributed by atoms with E-state index in [-0.39, 0.29) is 11.2 Å². The molecule has 0 aliphatic carbocycles. The Labute approximate surface area is 97.9 Å². The number of aldehydes is 1. The maximum atomic E-state index is 11.7. The van der Waals surface area contributed by atoms with Gasteiger partial charge in [0.15, 0.2) is 20.5 Å². The molecular weight excluding hydrogens is 259 g/mol. The second-order valence-corrected chi connectivity index (χ2v) is 6.48. The second kappa shape index (κ2) is 4.51. The zero-order valence-electron chi connectivity index (χ0n) is 7.56. The average molecular weight is 267 g/mol. The number of hydrogen-bond acceptors (Lipinski definition) is 3.